The van der Waals surface area contributed by atoms with Crippen LogP contribution >= 0.6 is 11.6 Å². The quantitative estimate of drug-likeness (QED) is 0.815. The lowest BCUT2D eigenvalue weighted by atomic mass is 9.96. The number of urea groups is 1. The minimum atomic E-state index is -0.491. The van der Waals surface area contributed by atoms with Crippen LogP contribution in [0.15, 0.2) is 35.5 Å². The number of nitrogens with one attached hydrogen (secondary N) is 2. The predicted octanol–water partition coefficient (Wildman–Crippen LogP) is 1.42. The Morgan fingerprint density at radius 2 is 2.05 bits per heavy atom. The molecule has 2 aliphatic heterocycles. The molecule has 0 fully saturated rings. The molecule has 98 valence electrons. The van der Waals surface area contributed by atoms with E-state index in [9.17, 15) is 9.59 Å². The fraction of sp³-hybridized carbons (Fsp3) is 0.231. The Labute approximate surface area is 115 Å². The highest BCUT2D eigenvalue weighted by molar-refractivity contribution is 6.31. The summed E-state index contributed by atoms with van der Waals surface area (Å²) in [5.74, 6) is -0.0904. The van der Waals surface area contributed by atoms with Gasteiger partial charge in [-0.1, -0.05) is 29.8 Å². The molecule has 0 spiro atoms. The van der Waals surface area contributed by atoms with Crippen molar-refractivity contribution in [1.29, 1.82) is 0 Å². The van der Waals surface area contributed by atoms with Crippen LogP contribution in [0, 0.1) is 0 Å². The summed E-state index contributed by atoms with van der Waals surface area (Å²) in [5.41, 5.74) is 1.95. The molecule has 3 amide bonds. The Kier molecular flexibility index (Phi) is 2.71. The Balaban J connectivity index is 2.10. The second-order valence-electron chi connectivity index (χ2n) is 4.61. The van der Waals surface area contributed by atoms with Crippen molar-refractivity contribution in [2.75, 3.05) is 13.6 Å². The summed E-state index contributed by atoms with van der Waals surface area (Å²) >= 11 is 6.16. The molecule has 2 heterocycles. The average molecular weight is 278 g/mol. The molecular formula is C13H12ClN3O2. The SMILES string of the molecule is CN1CC2=C(C1=O)[C@H](c1ccccc1Cl)NC(=O)N2. The molecule has 2 aliphatic rings. The lowest BCUT2D eigenvalue weighted by molar-refractivity contribution is -0.124. The minimum Gasteiger partial charge on any atom is -0.336 e. The number of hydrogen-bond acceptors (Lipinski definition) is 2. The van der Waals surface area contributed by atoms with Crippen molar-refractivity contribution in [2.24, 2.45) is 0 Å². The Morgan fingerprint density at radius 1 is 1.32 bits per heavy atom. The summed E-state index contributed by atoms with van der Waals surface area (Å²) in [4.78, 5) is 25.4. The summed E-state index contributed by atoms with van der Waals surface area (Å²) in [6.45, 7) is 0.419. The van der Waals surface area contributed by atoms with Gasteiger partial charge in [-0.05, 0) is 11.6 Å². The third-order valence-electron chi connectivity index (χ3n) is 3.34. The predicted molar refractivity (Wildman–Crippen MR) is 70.5 cm³/mol. The molecule has 0 aliphatic carbocycles. The van der Waals surface area contributed by atoms with E-state index in [0.717, 1.165) is 5.56 Å². The smallest absolute Gasteiger partial charge is 0.319 e. The molecule has 6 heteroatoms. The third-order valence-corrected chi connectivity index (χ3v) is 3.69. The van der Waals surface area contributed by atoms with Gasteiger partial charge in [0.2, 0.25) is 0 Å². The van der Waals surface area contributed by atoms with Crippen LogP contribution in [0.3, 0.4) is 0 Å². The lowest BCUT2D eigenvalue weighted by Gasteiger charge is -2.26. The van der Waals surface area contributed by atoms with E-state index in [4.69, 9.17) is 11.6 Å². The molecule has 1 atom stereocenters. The molecule has 3 rings (SSSR count). The number of likely N-dealkylation sites (N-methyl/N-ethyl adjacent to an activating group) is 1. The average Bonchev–Trinajstić information content (AvgIpc) is 2.64. The summed E-state index contributed by atoms with van der Waals surface area (Å²) in [6, 6.07) is 6.40. The summed E-state index contributed by atoms with van der Waals surface area (Å²) < 4.78 is 0. The molecule has 1 aromatic carbocycles. The zero-order chi connectivity index (χ0) is 13.6. The molecule has 0 saturated heterocycles. The maximum atomic E-state index is 12.2. The molecule has 19 heavy (non-hydrogen) atoms. The summed E-state index contributed by atoms with van der Waals surface area (Å²) in [6.07, 6.45) is 0. The van der Waals surface area contributed by atoms with Crippen molar-refractivity contribution in [1.82, 2.24) is 15.5 Å². The van der Waals surface area contributed by atoms with Crippen LogP contribution in [0.1, 0.15) is 11.6 Å². The van der Waals surface area contributed by atoms with Gasteiger partial charge >= 0.3 is 6.03 Å². The van der Waals surface area contributed by atoms with Crippen molar-refractivity contribution >= 4 is 23.5 Å². The van der Waals surface area contributed by atoms with Gasteiger partial charge in [-0.15, -0.1) is 0 Å². The van der Waals surface area contributed by atoms with Gasteiger partial charge in [-0.3, -0.25) is 4.79 Å². The van der Waals surface area contributed by atoms with E-state index in [0.29, 0.717) is 22.8 Å². The molecule has 0 unspecified atom stereocenters. The van der Waals surface area contributed by atoms with Crippen LogP contribution in [0.2, 0.25) is 5.02 Å². The van der Waals surface area contributed by atoms with Gasteiger partial charge in [-0.25, -0.2) is 4.79 Å². The second-order valence-corrected chi connectivity index (χ2v) is 5.01. The zero-order valence-electron chi connectivity index (χ0n) is 10.2. The highest BCUT2D eigenvalue weighted by Crippen LogP contribution is 2.34. The highest BCUT2D eigenvalue weighted by atomic mass is 35.5. The topological polar surface area (TPSA) is 61.4 Å². The summed E-state index contributed by atoms with van der Waals surface area (Å²) in [5, 5.41) is 5.97. The van der Waals surface area contributed by atoms with E-state index < -0.39 is 6.04 Å². The number of amides is 3. The number of halogens is 1. The zero-order valence-corrected chi connectivity index (χ0v) is 11.0. The fourth-order valence-corrected chi connectivity index (χ4v) is 2.70. The normalized spacial score (nSPS) is 22.2. The van der Waals surface area contributed by atoms with Gasteiger partial charge in [0.1, 0.15) is 0 Å². The second kappa shape index (κ2) is 4.28. The lowest BCUT2D eigenvalue weighted by Crippen LogP contribution is -2.44. The maximum Gasteiger partial charge on any atom is 0.319 e. The van der Waals surface area contributed by atoms with E-state index in [1.54, 1.807) is 18.0 Å². The van der Waals surface area contributed by atoms with Gasteiger partial charge in [0.05, 0.1) is 23.9 Å². The van der Waals surface area contributed by atoms with E-state index in [1.165, 1.54) is 0 Å². The van der Waals surface area contributed by atoms with E-state index in [1.807, 2.05) is 18.2 Å². The van der Waals surface area contributed by atoms with Gasteiger partial charge in [0, 0.05) is 12.1 Å². The number of carbonyl (C=O) groups is 2. The van der Waals surface area contributed by atoms with E-state index in [-0.39, 0.29) is 11.9 Å². The monoisotopic (exact) mass is 277 g/mol. The van der Waals surface area contributed by atoms with Crippen LogP contribution in [0.5, 0.6) is 0 Å². The first-order chi connectivity index (χ1) is 9.08. The first kappa shape index (κ1) is 12.0. The molecule has 0 bridgehead atoms. The van der Waals surface area contributed by atoms with Crippen LogP contribution in [-0.4, -0.2) is 30.4 Å². The number of benzene rings is 1. The molecule has 2 N–H and O–H groups in total. The van der Waals surface area contributed by atoms with E-state index >= 15 is 0 Å². The van der Waals surface area contributed by atoms with Crippen LogP contribution in [0.4, 0.5) is 4.79 Å². The molecule has 0 radical (unpaired) electrons. The Hall–Kier alpha value is -2.01. The first-order valence-electron chi connectivity index (χ1n) is 5.88. The van der Waals surface area contributed by atoms with Gasteiger partial charge in [-0.2, -0.15) is 0 Å². The Morgan fingerprint density at radius 3 is 2.79 bits per heavy atom. The van der Waals surface area contributed by atoms with Gasteiger partial charge < -0.3 is 15.5 Å². The van der Waals surface area contributed by atoms with Crippen molar-refractivity contribution in [2.45, 2.75) is 6.04 Å². The largest absolute Gasteiger partial charge is 0.336 e. The van der Waals surface area contributed by atoms with Crippen molar-refractivity contribution in [3.8, 4) is 0 Å². The Bertz CT molecular complexity index is 612. The number of carbonyl (C=O) groups excluding carboxylic acids is 2. The molecule has 0 saturated carbocycles. The van der Waals surface area contributed by atoms with Crippen LogP contribution in [-0.2, 0) is 4.79 Å². The molecule has 0 aromatic heterocycles. The first-order valence-corrected chi connectivity index (χ1v) is 6.26. The van der Waals surface area contributed by atoms with Gasteiger partial charge in [0.25, 0.3) is 5.91 Å². The molecule has 1 aromatic rings. The maximum absolute atomic E-state index is 12.2. The van der Waals surface area contributed by atoms with E-state index in [2.05, 4.69) is 10.6 Å². The van der Waals surface area contributed by atoms with Crippen molar-refractivity contribution in [3.63, 3.8) is 0 Å². The van der Waals surface area contributed by atoms with Gasteiger partial charge in [0.15, 0.2) is 0 Å². The third kappa shape index (κ3) is 1.86. The van der Waals surface area contributed by atoms with Crippen LogP contribution < -0.4 is 10.6 Å². The van der Waals surface area contributed by atoms with Crippen LogP contribution in [0.25, 0.3) is 0 Å². The fourth-order valence-electron chi connectivity index (χ4n) is 2.45. The minimum absolute atomic E-state index is 0.0904. The van der Waals surface area contributed by atoms with Crippen molar-refractivity contribution in [3.05, 3.63) is 46.1 Å². The molecular weight excluding hydrogens is 266 g/mol. The van der Waals surface area contributed by atoms with Crippen molar-refractivity contribution < 1.29 is 9.59 Å². The number of rotatable bonds is 1. The number of nitrogens with zero attached hydrogens (tertiary/aromatic N) is 1. The standard InChI is InChI=1S/C13H12ClN3O2/c1-17-6-9-10(12(17)18)11(16-13(19)15-9)7-4-2-3-5-8(7)14/h2-5,11H,6H2,1H3,(H2,15,16,19)/t11-/m0/s1. The number of hydrogen-bond donors (Lipinski definition) is 2. The molecule has 5 nitrogen and oxygen atoms in total. The highest BCUT2D eigenvalue weighted by Gasteiger charge is 2.39. The summed E-state index contributed by atoms with van der Waals surface area (Å²) in [7, 11) is 1.70.